The topological polar surface area (TPSA) is 71.3 Å². The number of benzene rings is 1. The summed E-state index contributed by atoms with van der Waals surface area (Å²) in [4.78, 5) is 3.29. The molecule has 0 aliphatic rings. The molecule has 2 rings (SSSR count). The van der Waals surface area contributed by atoms with Gasteiger partial charge in [0.1, 0.15) is 5.75 Å². The summed E-state index contributed by atoms with van der Waals surface area (Å²) in [6, 6.07) is 3.81. The molecule has 1 aromatic carbocycles. The van der Waals surface area contributed by atoms with Crippen LogP contribution in [0.2, 0.25) is 0 Å². The molecule has 0 bridgehead atoms. The van der Waals surface area contributed by atoms with E-state index in [4.69, 9.17) is 10.5 Å². The number of ether oxygens (including phenoxy) is 1. The molecule has 4 nitrogen and oxygen atoms in total. The van der Waals surface area contributed by atoms with Crippen LogP contribution in [0.4, 0.5) is 0 Å². The number of aromatic nitrogens is 1. The van der Waals surface area contributed by atoms with Crippen LogP contribution in [0.1, 0.15) is 22.9 Å². The van der Waals surface area contributed by atoms with Crippen LogP contribution < -0.4 is 10.5 Å². The van der Waals surface area contributed by atoms with Crippen molar-refractivity contribution < 1.29 is 9.84 Å². The molecule has 2 aromatic rings. The third kappa shape index (κ3) is 1.79. The summed E-state index contributed by atoms with van der Waals surface area (Å²) in [6.07, 6.45) is -0.706. The lowest BCUT2D eigenvalue weighted by molar-refractivity contribution is 0.184. The van der Waals surface area contributed by atoms with E-state index < -0.39 is 6.10 Å². The van der Waals surface area contributed by atoms with Crippen LogP contribution in [0, 0.1) is 13.8 Å². The molecule has 92 valence electrons. The maximum atomic E-state index is 10.1. The summed E-state index contributed by atoms with van der Waals surface area (Å²) in [7, 11) is 1.60. The molecule has 0 spiro atoms. The largest absolute Gasteiger partial charge is 0.496 e. The first-order valence-electron chi connectivity index (χ1n) is 5.64. The molecular formula is C13H18N2O2. The summed E-state index contributed by atoms with van der Waals surface area (Å²) in [5.41, 5.74) is 9.56. The summed E-state index contributed by atoms with van der Waals surface area (Å²) < 4.78 is 5.31. The van der Waals surface area contributed by atoms with Crippen molar-refractivity contribution in [3.63, 3.8) is 0 Å². The van der Waals surface area contributed by atoms with Crippen LogP contribution in [-0.2, 0) is 0 Å². The molecule has 4 N–H and O–H groups in total. The van der Waals surface area contributed by atoms with Crippen molar-refractivity contribution in [2.45, 2.75) is 20.0 Å². The van der Waals surface area contributed by atoms with E-state index in [1.807, 2.05) is 26.0 Å². The molecule has 0 saturated carbocycles. The van der Waals surface area contributed by atoms with Crippen LogP contribution in [0.15, 0.2) is 12.1 Å². The number of aliphatic hydroxyl groups is 1. The van der Waals surface area contributed by atoms with E-state index >= 15 is 0 Å². The Morgan fingerprint density at radius 3 is 2.71 bits per heavy atom. The van der Waals surface area contributed by atoms with Crippen molar-refractivity contribution >= 4 is 10.9 Å². The Kier molecular flexibility index (Phi) is 3.09. The molecular weight excluding hydrogens is 216 g/mol. The first kappa shape index (κ1) is 12.0. The monoisotopic (exact) mass is 234 g/mol. The molecule has 0 radical (unpaired) electrons. The number of nitrogens with one attached hydrogen (secondary N) is 1. The number of aromatic amines is 1. The molecule has 4 heteroatoms. The molecule has 17 heavy (non-hydrogen) atoms. The lowest BCUT2D eigenvalue weighted by Crippen LogP contribution is -2.13. The van der Waals surface area contributed by atoms with E-state index in [1.165, 1.54) is 0 Å². The average molecular weight is 234 g/mol. The number of hydrogen-bond acceptors (Lipinski definition) is 3. The van der Waals surface area contributed by atoms with Gasteiger partial charge in [0.25, 0.3) is 0 Å². The van der Waals surface area contributed by atoms with Crippen molar-refractivity contribution in [3.05, 3.63) is 29.0 Å². The molecule has 1 heterocycles. The van der Waals surface area contributed by atoms with Crippen molar-refractivity contribution in [3.8, 4) is 5.75 Å². The van der Waals surface area contributed by atoms with Gasteiger partial charge in [0.05, 0.1) is 13.2 Å². The minimum Gasteiger partial charge on any atom is -0.496 e. The number of H-pyrrole nitrogens is 1. The highest BCUT2D eigenvalue weighted by Gasteiger charge is 2.19. The van der Waals surface area contributed by atoms with Gasteiger partial charge in [-0.3, -0.25) is 0 Å². The van der Waals surface area contributed by atoms with E-state index in [2.05, 4.69) is 4.98 Å². The van der Waals surface area contributed by atoms with Gasteiger partial charge in [0, 0.05) is 28.7 Å². The Labute approximate surface area is 100 Å². The average Bonchev–Trinajstić information content (AvgIpc) is 2.63. The highest BCUT2D eigenvalue weighted by atomic mass is 16.5. The highest BCUT2D eigenvalue weighted by Crippen LogP contribution is 2.35. The summed E-state index contributed by atoms with van der Waals surface area (Å²) in [5, 5.41) is 11.1. The van der Waals surface area contributed by atoms with Gasteiger partial charge in [-0.15, -0.1) is 0 Å². The summed E-state index contributed by atoms with van der Waals surface area (Å²) >= 11 is 0. The van der Waals surface area contributed by atoms with Gasteiger partial charge >= 0.3 is 0 Å². The molecule has 1 atom stereocenters. The summed E-state index contributed by atoms with van der Waals surface area (Å²) in [5.74, 6) is 0.678. The molecule has 0 amide bonds. The van der Waals surface area contributed by atoms with E-state index in [0.29, 0.717) is 5.75 Å². The zero-order valence-corrected chi connectivity index (χ0v) is 10.4. The van der Waals surface area contributed by atoms with E-state index in [-0.39, 0.29) is 6.54 Å². The number of hydrogen-bond donors (Lipinski definition) is 3. The lowest BCUT2D eigenvalue weighted by atomic mass is 10.00. The molecule has 0 aliphatic heterocycles. The van der Waals surface area contributed by atoms with E-state index in [1.54, 1.807) is 7.11 Å². The third-order valence-electron chi connectivity index (χ3n) is 3.24. The fraction of sp³-hybridized carbons (Fsp3) is 0.385. The number of rotatable bonds is 3. The van der Waals surface area contributed by atoms with Gasteiger partial charge in [-0.1, -0.05) is 0 Å². The standard InChI is InChI=1S/C13H18N2O2/c1-7-8(2)15-9-4-5-11(17-3)13(12(7)9)10(16)6-14/h4-5,10,15-16H,6,14H2,1-3H3. The van der Waals surface area contributed by atoms with Crippen molar-refractivity contribution in [2.75, 3.05) is 13.7 Å². The minimum atomic E-state index is -0.706. The van der Waals surface area contributed by atoms with E-state index in [0.717, 1.165) is 27.7 Å². The number of nitrogens with two attached hydrogens (primary N) is 1. The SMILES string of the molecule is COc1ccc2[nH]c(C)c(C)c2c1C(O)CN. The number of methoxy groups -OCH3 is 1. The van der Waals surface area contributed by atoms with E-state index in [9.17, 15) is 5.11 Å². The number of fused-ring (bicyclic) bond motifs is 1. The van der Waals surface area contributed by atoms with Gasteiger partial charge in [0.15, 0.2) is 0 Å². The second-order valence-electron chi connectivity index (χ2n) is 4.23. The van der Waals surface area contributed by atoms with Crippen molar-refractivity contribution in [1.29, 1.82) is 0 Å². The zero-order chi connectivity index (χ0) is 12.6. The predicted octanol–water partition coefficient (Wildman–Crippen LogP) is 1.79. The predicted molar refractivity (Wildman–Crippen MR) is 68.3 cm³/mol. The Morgan fingerprint density at radius 2 is 2.12 bits per heavy atom. The Morgan fingerprint density at radius 1 is 1.41 bits per heavy atom. The van der Waals surface area contributed by atoms with Gasteiger partial charge in [0.2, 0.25) is 0 Å². The van der Waals surface area contributed by atoms with Gasteiger partial charge in [-0.05, 0) is 31.5 Å². The normalized spacial score (nSPS) is 13.0. The first-order valence-corrected chi connectivity index (χ1v) is 5.64. The molecule has 0 fully saturated rings. The van der Waals surface area contributed by atoms with Crippen molar-refractivity contribution in [1.82, 2.24) is 4.98 Å². The van der Waals surface area contributed by atoms with Crippen LogP contribution in [-0.4, -0.2) is 23.7 Å². The van der Waals surface area contributed by atoms with Gasteiger partial charge in [-0.2, -0.15) is 0 Å². The Hall–Kier alpha value is -1.52. The number of aliphatic hydroxyl groups excluding tert-OH is 1. The van der Waals surface area contributed by atoms with Crippen LogP contribution >= 0.6 is 0 Å². The second-order valence-corrected chi connectivity index (χ2v) is 4.23. The number of aryl methyl sites for hydroxylation is 2. The molecule has 1 aromatic heterocycles. The smallest absolute Gasteiger partial charge is 0.125 e. The van der Waals surface area contributed by atoms with Crippen molar-refractivity contribution in [2.24, 2.45) is 5.73 Å². The van der Waals surface area contributed by atoms with Gasteiger partial charge < -0.3 is 20.6 Å². The second kappa shape index (κ2) is 4.39. The first-order chi connectivity index (χ1) is 8.10. The maximum Gasteiger partial charge on any atom is 0.125 e. The quantitative estimate of drug-likeness (QED) is 0.758. The maximum absolute atomic E-state index is 10.1. The lowest BCUT2D eigenvalue weighted by Gasteiger charge is -2.15. The molecule has 0 saturated heterocycles. The minimum absolute atomic E-state index is 0.180. The Balaban J connectivity index is 2.81. The zero-order valence-electron chi connectivity index (χ0n) is 10.4. The van der Waals surface area contributed by atoms with Crippen LogP contribution in [0.25, 0.3) is 10.9 Å². The highest BCUT2D eigenvalue weighted by molar-refractivity contribution is 5.90. The molecule has 1 unspecified atom stereocenters. The molecule has 0 aliphatic carbocycles. The fourth-order valence-electron chi connectivity index (χ4n) is 2.22. The Bertz CT molecular complexity index is 546. The van der Waals surface area contributed by atoms with Crippen LogP contribution in [0.3, 0.4) is 0 Å². The third-order valence-corrected chi connectivity index (χ3v) is 3.24. The fourth-order valence-corrected chi connectivity index (χ4v) is 2.22. The van der Waals surface area contributed by atoms with Crippen LogP contribution in [0.5, 0.6) is 5.75 Å². The van der Waals surface area contributed by atoms with Gasteiger partial charge in [-0.25, -0.2) is 0 Å². The summed E-state index contributed by atoms with van der Waals surface area (Å²) in [6.45, 7) is 4.22.